The minimum absolute atomic E-state index is 0.915. The van der Waals surface area contributed by atoms with E-state index in [1.54, 1.807) is 0 Å². The lowest BCUT2D eigenvalue weighted by atomic mass is 10.0. The van der Waals surface area contributed by atoms with Crippen molar-refractivity contribution in [2.24, 2.45) is 0 Å². The van der Waals surface area contributed by atoms with Crippen molar-refractivity contribution in [1.29, 1.82) is 0 Å². The Labute approximate surface area is 114 Å². The van der Waals surface area contributed by atoms with Crippen molar-refractivity contribution in [2.45, 2.75) is 6.92 Å². The van der Waals surface area contributed by atoms with E-state index in [-0.39, 0.29) is 0 Å². The van der Waals surface area contributed by atoms with Gasteiger partial charge in [0.1, 0.15) is 0 Å². The van der Waals surface area contributed by atoms with Gasteiger partial charge in [0.15, 0.2) is 0 Å². The average molecular weight is 255 g/mol. The van der Waals surface area contributed by atoms with Crippen molar-refractivity contribution in [1.82, 2.24) is 0 Å². The van der Waals surface area contributed by atoms with E-state index in [9.17, 15) is 0 Å². The topological polar surface area (TPSA) is 3.24 Å². The molecule has 0 saturated heterocycles. The molecule has 0 spiro atoms. The van der Waals surface area contributed by atoms with E-state index in [2.05, 4.69) is 48.2 Å². The van der Waals surface area contributed by atoms with Crippen LogP contribution in [0, 0.1) is 6.92 Å². The smallest absolute Gasteiger partial charge is 0.0524 e. The number of benzene rings is 2. The molecule has 0 atom stereocenters. The first-order chi connectivity index (χ1) is 8.59. The Morgan fingerprint density at radius 1 is 0.944 bits per heavy atom. The summed E-state index contributed by atoms with van der Waals surface area (Å²) in [5.74, 6) is 0. The molecule has 0 aliphatic carbocycles. The van der Waals surface area contributed by atoms with E-state index in [4.69, 9.17) is 12.2 Å². The van der Waals surface area contributed by atoms with Crippen LogP contribution in [0.4, 0.5) is 5.69 Å². The number of thiocarbonyl (C=S) groups is 1. The van der Waals surface area contributed by atoms with Crippen LogP contribution in [0.25, 0.3) is 0 Å². The molecule has 2 heteroatoms. The van der Waals surface area contributed by atoms with E-state index in [1.807, 2.05) is 26.2 Å². The Balaban J connectivity index is 2.32. The average Bonchev–Trinajstić information content (AvgIpc) is 2.38. The number of hydrogen-bond donors (Lipinski definition) is 0. The monoisotopic (exact) mass is 255 g/mol. The molecule has 0 aromatic heterocycles. The molecular formula is C16H17NS. The summed E-state index contributed by atoms with van der Waals surface area (Å²) in [5.41, 5.74) is 4.65. The van der Waals surface area contributed by atoms with Crippen LogP contribution in [0.1, 0.15) is 16.7 Å². The van der Waals surface area contributed by atoms with Crippen LogP contribution in [0.3, 0.4) is 0 Å². The first kappa shape index (κ1) is 12.8. The van der Waals surface area contributed by atoms with Crippen LogP contribution in [0.5, 0.6) is 0 Å². The fourth-order valence-electron chi connectivity index (χ4n) is 1.89. The lowest BCUT2D eigenvalue weighted by molar-refractivity contribution is 1.13. The van der Waals surface area contributed by atoms with Gasteiger partial charge >= 0.3 is 0 Å². The van der Waals surface area contributed by atoms with Crippen molar-refractivity contribution < 1.29 is 0 Å². The summed E-state index contributed by atoms with van der Waals surface area (Å²) >= 11 is 5.57. The maximum absolute atomic E-state index is 5.57. The molecule has 0 bridgehead atoms. The Hall–Kier alpha value is -1.67. The Morgan fingerprint density at radius 3 is 2.11 bits per heavy atom. The van der Waals surface area contributed by atoms with Crippen LogP contribution in [0.2, 0.25) is 0 Å². The minimum atomic E-state index is 0.915. The SMILES string of the molecule is Cc1ccccc1C(=S)c1ccc(N(C)C)cc1. The molecule has 92 valence electrons. The normalized spacial score (nSPS) is 10.2. The van der Waals surface area contributed by atoms with Gasteiger partial charge in [-0.05, 0) is 35.7 Å². The second kappa shape index (κ2) is 5.32. The summed E-state index contributed by atoms with van der Waals surface area (Å²) in [6.07, 6.45) is 0. The van der Waals surface area contributed by atoms with Crippen LogP contribution in [0.15, 0.2) is 48.5 Å². The number of aryl methyl sites for hydroxylation is 1. The maximum atomic E-state index is 5.57. The van der Waals surface area contributed by atoms with Gasteiger partial charge in [-0.2, -0.15) is 0 Å². The van der Waals surface area contributed by atoms with Gasteiger partial charge < -0.3 is 4.90 Å². The summed E-state index contributed by atoms with van der Waals surface area (Å²) in [7, 11) is 4.07. The van der Waals surface area contributed by atoms with Crippen molar-refractivity contribution in [3.05, 3.63) is 65.2 Å². The van der Waals surface area contributed by atoms with Crippen LogP contribution < -0.4 is 4.90 Å². The van der Waals surface area contributed by atoms with E-state index in [0.29, 0.717) is 0 Å². The number of nitrogens with zero attached hydrogens (tertiary/aromatic N) is 1. The zero-order valence-electron chi connectivity index (χ0n) is 11.0. The third kappa shape index (κ3) is 2.59. The fraction of sp³-hybridized carbons (Fsp3) is 0.188. The highest BCUT2D eigenvalue weighted by Gasteiger charge is 2.07. The molecule has 0 radical (unpaired) electrons. The Morgan fingerprint density at radius 2 is 1.56 bits per heavy atom. The van der Waals surface area contributed by atoms with E-state index in [0.717, 1.165) is 16.0 Å². The second-order valence-electron chi connectivity index (χ2n) is 4.59. The zero-order valence-corrected chi connectivity index (χ0v) is 11.8. The van der Waals surface area contributed by atoms with Crippen LogP contribution in [-0.4, -0.2) is 19.0 Å². The van der Waals surface area contributed by atoms with Gasteiger partial charge in [-0.3, -0.25) is 0 Å². The Kier molecular flexibility index (Phi) is 3.78. The van der Waals surface area contributed by atoms with Crippen LogP contribution in [-0.2, 0) is 0 Å². The summed E-state index contributed by atoms with van der Waals surface area (Å²) in [6.45, 7) is 2.09. The van der Waals surface area contributed by atoms with Crippen molar-refractivity contribution in [3.63, 3.8) is 0 Å². The highest BCUT2D eigenvalue weighted by Crippen LogP contribution is 2.18. The highest BCUT2D eigenvalue weighted by molar-refractivity contribution is 7.81. The standard InChI is InChI=1S/C16H17NS/c1-12-6-4-5-7-15(12)16(18)13-8-10-14(11-9-13)17(2)3/h4-11H,1-3H3. The molecule has 2 aromatic carbocycles. The molecule has 0 fully saturated rings. The molecule has 0 saturated carbocycles. The van der Waals surface area contributed by atoms with Gasteiger partial charge in [-0.25, -0.2) is 0 Å². The van der Waals surface area contributed by atoms with Gasteiger partial charge in [0.25, 0.3) is 0 Å². The van der Waals surface area contributed by atoms with Crippen LogP contribution >= 0.6 is 12.2 Å². The van der Waals surface area contributed by atoms with Crippen molar-refractivity contribution in [2.75, 3.05) is 19.0 Å². The van der Waals surface area contributed by atoms with Gasteiger partial charge in [0.2, 0.25) is 0 Å². The maximum Gasteiger partial charge on any atom is 0.0524 e. The molecule has 1 nitrogen and oxygen atoms in total. The number of rotatable bonds is 3. The second-order valence-corrected chi connectivity index (χ2v) is 4.99. The Bertz CT molecular complexity index is 556. The number of anilines is 1. The van der Waals surface area contributed by atoms with Gasteiger partial charge in [0, 0.05) is 19.8 Å². The molecule has 0 aliphatic heterocycles. The fourth-order valence-corrected chi connectivity index (χ4v) is 2.26. The third-order valence-corrected chi connectivity index (χ3v) is 3.49. The lowest BCUT2D eigenvalue weighted by Crippen LogP contribution is -2.09. The van der Waals surface area contributed by atoms with Crippen molar-refractivity contribution in [3.8, 4) is 0 Å². The van der Waals surface area contributed by atoms with Gasteiger partial charge in [-0.1, -0.05) is 48.6 Å². The lowest BCUT2D eigenvalue weighted by Gasteiger charge is -2.13. The molecule has 0 heterocycles. The summed E-state index contributed by atoms with van der Waals surface area (Å²) < 4.78 is 0. The highest BCUT2D eigenvalue weighted by atomic mass is 32.1. The predicted molar refractivity (Wildman–Crippen MR) is 82.8 cm³/mol. The molecule has 2 rings (SSSR count). The first-order valence-electron chi connectivity index (χ1n) is 5.97. The molecule has 0 N–H and O–H groups in total. The predicted octanol–water partition coefficient (Wildman–Crippen LogP) is 3.83. The number of hydrogen-bond acceptors (Lipinski definition) is 2. The van der Waals surface area contributed by atoms with E-state index >= 15 is 0 Å². The quantitative estimate of drug-likeness (QED) is 0.606. The van der Waals surface area contributed by atoms with Gasteiger partial charge in [-0.15, -0.1) is 0 Å². The molecular weight excluding hydrogens is 238 g/mol. The molecule has 0 aliphatic rings. The minimum Gasteiger partial charge on any atom is -0.378 e. The van der Waals surface area contributed by atoms with Crippen molar-refractivity contribution >= 4 is 22.8 Å². The summed E-state index contributed by atoms with van der Waals surface area (Å²) in [6, 6.07) is 16.6. The summed E-state index contributed by atoms with van der Waals surface area (Å²) in [5, 5.41) is 0. The molecule has 0 amide bonds. The zero-order chi connectivity index (χ0) is 13.1. The van der Waals surface area contributed by atoms with Gasteiger partial charge in [0.05, 0.1) is 4.86 Å². The largest absolute Gasteiger partial charge is 0.378 e. The van der Waals surface area contributed by atoms with E-state index in [1.165, 1.54) is 11.3 Å². The summed E-state index contributed by atoms with van der Waals surface area (Å²) in [4.78, 5) is 3.00. The molecule has 0 unspecified atom stereocenters. The molecule has 2 aromatic rings. The first-order valence-corrected chi connectivity index (χ1v) is 6.38. The molecule has 18 heavy (non-hydrogen) atoms. The van der Waals surface area contributed by atoms with E-state index < -0.39 is 0 Å². The third-order valence-electron chi connectivity index (χ3n) is 3.04.